The zero-order valence-corrected chi connectivity index (χ0v) is 12.9. The molecule has 2 rings (SSSR count). The summed E-state index contributed by atoms with van der Waals surface area (Å²) >= 11 is 3.39. The number of nitrogens with one attached hydrogen (secondary N) is 1. The normalized spacial score (nSPS) is 18.7. The van der Waals surface area contributed by atoms with E-state index in [-0.39, 0.29) is 5.91 Å². The Bertz CT molecular complexity index is 465. The van der Waals surface area contributed by atoms with Crippen LogP contribution in [0.4, 0.5) is 0 Å². The molecule has 0 bridgehead atoms. The Hall–Kier alpha value is -1.07. The van der Waals surface area contributed by atoms with Crippen molar-refractivity contribution in [1.82, 2.24) is 10.2 Å². The molecule has 1 aliphatic rings. The average Bonchev–Trinajstić information content (AvgIpc) is 2.87. The van der Waals surface area contributed by atoms with E-state index in [1.54, 1.807) is 7.11 Å². The summed E-state index contributed by atoms with van der Waals surface area (Å²) in [5.41, 5.74) is 0.635. The first kappa shape index (κ1) is 14.3. The lowest BCUT2D eigenvalue weighted by atomic mass is 10.1. The molecule has 0 radical (unpaired) electrons. The number of rotatable bonds is 4. The third kappa shape index (κ3) is 3.28. The molecule has 104 valence electrons. The number of carbonyl (C=O) groups excluding carboxylic acids is 1. The number of ether oxygens (including phenoxy) is 1. The first-order valence-electron chi connectivity index (χ1n) is 6.43. The van der Waals surface area contributed by atoms with Crippen LogP contribution in [0, 0.1) is 5.92 Å². The van der Waals surface area contributed by atoms with Crippen LogP contribution in [0.25, 0.3) is 0 Å². The van der Waals surface area contributed by atoms with Crippen LogP contribution in [0.5, 0.6) is 5.75 Å². The maximum atomic E-state index is 12.5. The predicted octanol–water partition coefficient (Wildman–Crippen LogP) is 2.14. The Balaban J connectivity index is 2.12. The highest BCUT2D eigenvalue weighted by Crippen LogP contribution is 2.26. The summed E-state index contributed by atoms with van der Waals surface area (Å²) in [6.45, 7) is 2.60. The second-order valence-electron chi connectivity index (χ2n) is 4.81. The van der Waals surface area contributed by atoms with E-state index in [1.807, 2.05) is 30.1 Å². The number of benzene rings is 1. The fraction of sp³-hybridized carbons (Fsp3) is 0.500. The quantitative estimate of drug-likeness (QED) is 0.921. The number of hydrogen-bond donors (Lipinski definition) is 1. The number of hydrogen-bond acceptors (Lipinski definition) is 3. The third-order valence-corrected chi connectivity index (χ3v) is 3.95. The zero-order chi connectivity index (χ0) is 13.8. The molecule has 0 aromatic heterocycles. The Morgan fingerprint density at radius 3 is 3.05 bits per heavy atom. The van der Waals surface area contributed by atoms with Crippen LogP contribution in [0.15, 0.2) is 22.7 Å². The van der Waals surface area contributed by atoms with Gasteiger partial charge in [-0.05, 0) is 44.1 Å². The van der Waals surface area contributed by atoms with Gasteiger partial charge >= 0.3 is 0 Å². The van der Waals surface area contributed by atoms with Gasteiger partial charge in [-0.25, -0.2) is 0 Å². The molecule has 1 atom stereocenters. The van der Waals surface area contributed by atoms with Crippen molar-refractivity contribution < 1.29 is 9.53 Å². The van der Waals surface area contributed by atoms with Crippen LogP contribution < -0.4 is 10.1 Å². The molecule has 0 saturated carbocycles. The molecular weight excluding hydrogens is 308 g/mol. The fourth-order valence-electron chi connectivity index (χ4n) is 2.48. The lowest BCUT2D eigenvalue weighted by Gasteiger charge is -2.18. The fourth-order valence-corrected chi connectivity index (χ4v) is 2.82. The van der Waals surface area contributed by atoms with Gasteiger partial charge in [-0.1, -0.05) is 15.9 Å². The van der Waals surface area contributed by atoms with Crippen LogP contribution in [0.3, 0.4) is 0 Å². The van der Waals surface area contributed by atoms with Gasteiger partial charge in [-0.3, -0.25) is 4.79 Å². The molecule has 0 spiro atoms. The summed E-state index contributed by atoms with van der Waals surface area (Å²) in [6.07, 6.45) is 1.06. The Labute approximate surface area is 122 Å². The summed E-state index contributed by atoms with van der Waals surface area (Å²) in [5.74, 6) is 1.23. The van der Waals surface area contributed by atoms with Crippen LogP contribution in [-0.4, -0.2) is 44.6 Å². The maximum absolute atomic E-state index is 12.5. The Kier molecular flexibility index (Phi) is 4.82. The van der Waals surface area contributed by atoms with Crippen LogP contribution >= 0.6 is 15.9 Å². The third-order valence-electron chi connectivity index (χ3n) is 3.46. The number of amides is 1. The molecule has 4 nitrogen and oxygen atoms in total. The van der Waals surface area contributed by atoms with E-state index >= 15 is 0 Å². The largest absolute Gasteiger partial charge is 0.496 e. The van der Waals surface area contributed by atoms with Crippen LogP contribution in [0.1, 0.15) is 16.8 Å². The van der Waals surface area contributed by atoms with Gasteiger partial charge in [0.1, 0.15) is 5.75 Å². The number of nitrogens with zero attached hydrogens (tertiary/aromatic N) is 1. The summed E-state index contributed by atoms with van der Waals surface area (Å²) in [5, 5.41) is 3.17. The molecular formula is C14H19BrN2O2. The first-order valence-corrected chi connectivity index (χ1v) is 7.22. The highest BCUT2D eigenvalue weighted by atomic mass is 79.9. The monoisotopic (exact) mass is 326 g/mol. The van der Waals surface area contributed by atoms with Crippen molar-refractivity contribution in [1.29, 1.82) is 0 Å². The van der Waals surface area contributed by atoms with E-state index in [9.17, 15) is 4.79 Å². The molecule has 1 saturated heterocycles. The van der Waals surface area contributed by atoms with Crippen LogP contribution in [0.2, 0.25) is 0 Å². The molecule has 0 aliphatic carbocycles. The molecule has 1 aliphatic heterocycles. The van der Waals surface area contributed by atoms with Crippen molar-refractivity contribution in [3.63, 3.8) is 0 Å². The number of methoxy groups -OCH3 is 1. The molecule has 1 amide bonds. The summed E-state index contributed by atoms with van der Waals surface area (Å²) in [7, 11) is 3.54. The van der Waals surface area contributed by atoms with E-state index in [0.717, 1.165) is 30.5 Å². The van der Waals surface area contributed by atoms with Crippen molar-refractivity contribution >= 4 is 21.8 Å². The minimum atomic E-state index is 0.0583. The second-order valence-corrected chi connectivity index (χ2v) is 5.72. The lowest BCUT2D eigenvalue weighted by Crippen LogP contribution is -2.30. The molecule has 19 heavy (non-hydrogen) atoms. The highest BCUT2D eigenvalue weighted by Gasteiger charge is 2.27. The van der Waals surface area contributed by atoms with Crippen molar-refractivity contribution in [2.45, 2.75) is 6.42 Å². The molecule has 1 aromatic carbocycles. The summed E-state index contributed by atoms with van der Waals surface area (Å²) in [6, 6.07) is 5.52. The van der Waals surface area contributed by atoms with Gasteiger partial charge in [0.2, 0.25) is 0 Å². The van der Waals surface area contributed by atoms with E-state index < -0.39 is 0 Å². The zero-order valence-electron chi connectivity index (χ0n) is 11.3. The summed E-state index contributed by atoms with van der Waals surface area (Å²) < 4.78 is 6.20. The van der Waals surface area contributed by atoms with Crippen LogP contribution in [-0.2, 0) is 0 Å². The highest BCUT2D eigenvalue weighted by molar-refractivity contribution is 9.10. The minimum absolute atomic E-state index is 0.0583. The Morgan fingerprint density at radius 2 is 2.37 bits per heavy atom. The molecule has 1 aromatic rings. The van der Waals surface area contributed by atoms with Crippen molar-refractivity contribution in [2.24, 2.45) is 5.92 Å². The minimum Gasteiger partial charge on any atom is -0.496 e. The van der Waals surface area contributed by atoms with E-state index in [1.165, 1.54) is 0 Å². The summed E-state index contributed by atoms with van der Waals surface area (Å²) in [4.78, 5) is 14.4. The number of likely N-dealkylation sites (tertiary alicyclic amines) is 1. The smallest absolute Gasteiger partial charge is 0.257 e. The molecule has 1 fully saturated rings. The molecule has 0 unspecified atom stereocenters. The van der Waals surface area contributed by atoms with Gasteiger partial charge in [0.05, 0.1) is 12.7 Å². The van der Waals surface area contributed by atoms with E-state index in [4.69, 9.17) is 4.74 Å². The van der Waals surface area contributed by atoms with Crippen molar-refractivity contribution in [3.8, 4) is 5.75 Å². The van der Waals surface area contributed by atoms with Gasteiger partial charge in [0, 0.05) is 17.6 Å². The van der Waals surface area contributed by atoms with Gasteiger partial charge in [-0.2, -0.15) is 0 Å². The van der Waals surface area contributed by atoms with Gasteiger partial charge in [0.25, 0.3) is 5.91 Å². The number of halogens is 1. The van der Waals surface area contributed by atoms with E-state index in [2.05, 4.69) is 21.2 Å². The topological polar surface area (TPSA) is 41.6 Å². The SMILES string of the molecule is CNC[C@H]1CCN(C(=O)c2ccc(Br)cc2OC)C1. The lowest BCUT2D eigenvalue weighted by molar-refractivity contribution is 0.0784. The van der Waals surface area contributed by atoms with Gasteiger partial charge in [-0.15, -0.1) is 0 Å². The van der Waals surface area contributed by atoms with Crippen molar-refractivity contribution in [2.75, 3.05) is 33.8 Å². The standard InChI is InChI=1S/C14H19BrN2O2/c1-16-8-10-5-6-17(9-10)14(18)12-4-3-11(15)7-13(12)19-2/h3-4,7,10,16H,5-6,8-9H2,1-2H3/t10-/m1/s1. The Morgan fingerprint density at radius 1 is 1.58 bits per heavy atom. The van der Waals surface area contributed by atoms with Crippen molar-refractivity contribution in [3.05, 3.63) is 28.2 Å². The first-order chi connectivity index (χ1) is 9.15. The second kappa shape index (κ2) is 6.39. The molecule has 1 heterocycles. The van der Waals surface area contributed by atoms with E-state index in [0.29, 0.717) is 17.2 Å². The van der Waals surface area contributed by atoms with Gasteiger partial charge < -0.3 is 15.0 Å². The molecule has 5 heteroatoms. The average molecular weight is 327 g/mol. The molecule has 1 N–H and O–H groups in total. The maximum Gasteiger partial charge on any atom is 0.257 e. The number of carbonyl (C=O) groups is 1. The predicted molar refractivity (Wildman–Crippen MR) is 78.6 cm³/mol. The van der Waals surface area contributed by atoms with Gasteiger partial charge in [0.15, 0.2) is 0 Å².